The highest BCUT2D eigenvalue weighted by Crippen LogP contribution is 2.45. The molecule has 0 spiro atoms. The minimum absolute atomic E-state index is 0.0127. The highest BCUT2D eigenvalue weighted by atomic mass is 16.5. The number of hydrogen-bond acceptors (Lipinski definition) is 2. The van der Waals surface area contributed by atoms with Crippen molar-refractivity contribution in [2.45, 2.75) is 38.5 Å². The smallest absolute Gasteiger partial charge is 0.123 e. The average molecular weight is 232 g/mol. The molecule has 2 nitrogen and oxygen atoms in total. The Morgan fingerprint density at radius 1 is 1.47 bits per heavy atom. The van der Waals surface area contributed by atoms with E-state index in [1.165, 1.54) is 5.56 Å². The van der Waals surface area contributed by atoms with Gasteiger partial charge in [-0.3, -0.25) is 0 Å². The summed E-state index contributed by atoms with van der Waals surface area (Å²) in [7, 11) is 1.69. The van der Waals surface area contributed by atoms with Crippen LogP contribution in [0.5, 0.6) is 5.75 Å². The van der Waals surface area contributed by atoms with Gasteiger partial charge in [0.15, 0.2) is 0 Å². The third-order valence-corrected chi connectivity index (χ3v) is 4.25. The SMILES string of the molecule is COc1ccc(C2(C)CCCC2C=O)cc1C. The minimum Gasteiger partial charge on any atom is -0.496 e. The summed E-state index contributed by atoms with van der Waals surface area (Å²) in [5.74, 6) is 1.08. The van der Waals surface area contributed by atoms with Gasteiger partial charge in [0.05, 0.1) is 7.11 Å². The maximum absolute atomic E-state index is 11.2. The summed E-state index contributed by atoms with van der Waals surface area (Å²) < 4.78 is 5.28. The number of aldehydes is 1. The Morgan fingerprint density at radius 2 is 2.24 bits per heavy atom. The van der Waals surface area contributed by atoms with Gasteiger partial charge in [-0.05, 0) is 37.0 Å². The molecular weight excluding hydrogens is 212 g/mol. The van der Waals surface area contributed by atoms with Crippen LogP contribution in [-0.2, 0) is 10.2 Å². The zero-order chi connectivity index (χ0) is 12.5. The van der Waals surface area contributed by atoms with Gasteiger partial charge in [0.1, 0.15) is 12.0 Å². The lowest BCUT2D eigenvalue weighted by Gasteiger charge is -2.29. The number of aryl methyl sites for hydroxylation is 1. The second kappa shape index (κ2) is 4.52. The van der Waals surface area contributed by atoms with Crippen LogP contribution < -0.4 is 4.74 Å². The first-order valence-corrected chi connectivity index (χ1v) is 6.22. The fraction of sp³-hybridized carbons (Fsp3) is 0.533. The lowest BCUT2D eigenvalue weighted by atomic mass is 9.74. The molecule has 1 aliphatic rings. The van der Waals surface area contributed by atoms with Crippen LogP contribution in [0.15, 0.2) is 18.2 Å². The van der Waals surface area contributed by atoms with Crippen molar-refractivity contribution >= 4 is 6.29 Å². The van der Waals surface area contributed by atoms with Gasteiger partial charge in [-0.15, -0.1) is 0 Å². The van der Waals surface area contributed by atoms with Crippen LogP contribution in [0.4, 0.5) is 0 Å². The second-order valence-corrected chi connectivity index (χ2v) is 5.24. The first kappa shape index (κ1) is 12.2. The van der Waals surface area contributed by atoms with E-state index in [2.05, 4.69) is 26.0 Å². The third-order valence-electron chi connectivity index (χ3n) is 4.25. The fourth-order valence-electron chi connectivity index (χ4n) is 3.00. The van der Waals surface area contributed by atoms with Crippen molar-refractivity contribution in [3.8, 4) is 5.75 Å². The summed E-state index contributed by atoms with van der Waals surface area (Å²) in [5, 5.41) is 0. The van der Waals surface area contributed by atoms with Gasteiger partial charge in [-0.1, -0.05) is 25.5 Å². The normalized spacial score (nSPS) is 28.1. The summed E-state index contributed by atoms with van der Waals surface area (Å²) in [6, 6.07) is 6.28. The largest absolute Gasteiger partial charge is 0.496 e. The molecule has 1 aromatic rings. The van der Waals surface area contributed by atoms with E-state index in [-0.39, 0.29) is 11.3 Å². The van der Waals surface area contributed by atoms with E-state index in [1.54, 1.807) is 7.11 Å². The standard InChI is InChI=1S/C15H20O2/c1-11-9-12(6-7-14(11)17-3)15(2)8-4-5-13(15)10-16/h6-7,9-10,13H,4-5,8H2,1-3H3. The van der Waals surface area contributed by atoms with Crippen LogP contribution in [-0.4, -0.2) is 13.4 Å². The van der Waals surface area contributed by atoms with Crippen molar-refractivity contribution in [3.05, 3.63) is 29.3 Å². The van der Waals surface area contributed by atoms with Gasteiger partial charge in [-0.2, -0.15) is 0 Å². The number of ether oxygens (including phenoxy) is 1. The molecule has 17 heavy (non-hydrogen) atoms. The number of hydrogen-bond donors (Lipinski definition) is 0. The zero-order valence-electron chi connectivity index (χ0n) is 10.8. The Hall–Kier alpha value is -1.31. The molecule has 0 N–H and O–H groups in total. The van der Waals surface area contributed by atoms with Crippen molar-refractivity contribution in [2.75, 3.05) is 7.11 Å². The summed E-state index contributed by atoms with van der Waals surface area (Å²) >= 11 is 0. The van der Waals surface area contributed by atoms with E-state index in [0.29, 0.717) is 0 Å². The Bertz CT molecular complexity index is 425. The van der Waals surface area contributed by atoms with Gasteiger partial charge < -0.3 is 9.53 Å². The van der Waals surface area contributed by atoms with E-state index in [4.69, 9.17) is 4.74 Å². The summed E-state index contributed by atoms with van der Waals surface area (Å²) in [4.78, 5) is 11.2. The lowest BCUT2D eigenvalue weighted by Crippen LogP contribution is -2.27. The quantitative estimate of drug-likeness (QED) is 0.748. The van der Waals surface area contributed by atoms with Crippen molar-refractivity contribution in [2.24, 2.45) is 5.92 Å². The molecule has 0 aromatic heterocycles. The van der Waals surface area contributed by atoms with Crippen molar-refractivity contribution in [3.63, 3.8) is 0 Å². The zero-order valence-corrected chi connectivity index (χ0v) is 10.8. The monoisotopic (exact) mass is 232 g/mol. The molecule has 0 aliphatic heterocycles. The first-order valence-electron chi connectivity index (χ1n) is 6.22. The number of carbonyl (C=O) groups excluding carboxylic acids is 1. The molecular formula is C15H20O2. The first-order chi connectivity index (χ1) is 8.11. The molecule has 2 unspecified atom stereocenters. The molecule has 2 heteroatoms. The van der Waals surface area contributed by atoms with Crippen molar-refractivity contribution < 1.29 is 9.53 Å². The summed E-state index contributed by atoms with van der Waals surface area (Å²) in [5.41, 5.74) is 2.42. The van der Waals surface area contributed by atoms with E-state index < -0.39 is 0 Å². The Labute approximate surface area is 103 Å². The van der Waals surface area contributed by atoms with Crippen LogP contribution in [0.3, 0.4) is 0 Å². The van der Waals surface area contributed by atoms with Gasteiger partial charge in [-0.25, -0.2) is 0 Å². The van der Waals surface area contributed by atoms with E-state index >= 15 is 0 Å². The van der Waals surface area contributed by atoms with Gasteiger partial charge in [0.2, 0.25) is 0 Å². The third kappa shape index (κ3) is 1.97. The van der Waals surface area contributed by atoms with Crippen LogP contribution in [0.1, 0.15) is 37.3 Å². The summed E-state index contributed by atoms with van der Waals surface area (Å²) in [6.07, 6.45) is 4.39. The average Bonchev–Trinajstić information content (AvgIpc) is 2.71. The maximum atomic E-state index is 11.2. The fourth-order valence-corrected chi connectivity index (χ4v) is 3.00. The Morgan fingerprint density at radius 3 is 2.82 bits per heavy atom. The number of carbonyl (C=O) groups is 1. The van der Waals surface area contributed by atoms with Crippen LogP contribution in [0.2, 0.25) is 0 Å². The van der Waals surface area contributed by atoms with E-state index in [1.807, 2.05) is 6.07 Å². The van der Waals surface area contributed by atoms with Crippen LogP contribution >= 0.6 is 0 Å². The Balaban J connectivity index is 2.39. The second-order valence-electron chi connectivity index (χ2n) is 5.24. The Kier molecular flexibility index (Phi) is 3.23. The maximum Gasteiger partial charge on any atom is 0.123 e. The predicted octanol–water partition coefficient (Wildman–Crippen LogP) is 3.26. The topological polar surface area (TPSA) is 26.3 Å². The summed E-state index contributed by atoms with van der Waals surface area (Å²) in [6.45, 7) is 4.26. The predicted molar refractivity (Wildman–Crippen MR) is 68.5 cm³/mol. The molecule has 2 rings (SSSR count). The number of benzene rings is 1. The molecule has 0 bridgehead atoms. The van der Waals surface area contributed by atoms with Crippen LogP contribution in [0.25, 0.3) is 0 Å². The molecule has 0 radical (unpaired) electrons. The van der Waals surface area contributed by atoms with E-state index in [0.717, 1.165) is 36.9 Å². The van der Waals surface area contributed by atoms with Crippen LogP contribution in [0, 0.1) is 12.8 Å². The molecule has 92 valence electrons. The van der Waals surface area contributed by atoms with Gasteiger partial charge >= 0.3 is 0 Å². The van der Waals surface area contributed by atoms with Gasteiger partial charge in [0, 0.05) is 11.3 Å². The molecule has 0 amide bonds. The molecule has 1 aromatic carbocycles. The minimum atomic E-state index is 0.0127. The highest BCUT2D eigenvalue weighted by molar-refractivity contribution is 5.59. The lowest BCUT2D eigenvalue weighted by molar-refractivity contribution is -0.112. The van der Waals surface area contributed by atoms with Crippen molar-refractivity contribution in [1.29, 1.82) is 0 Å². The molecule has 1 aliphatic carbocycles. The molecule has 1 saturated carbocycles. The number of methoxy groups -OCH3 is 1. The molecule has 0 saturated heterocycles. The van der Waals surface area contributed by atoms with E-state index in [9.17, 15) is 4.79 Å². The number of rotatable bonds is 3. The molecule has 2 atom stereocenters. The van der Waals surface area contributed by atoms with Gasteiger partial charge in [0.25, 0.3) is 0 Å². The van der Waals surface area contributed by atoms with Crippen molar-refractivity contribution in [1.82, 2.24) is 0 Å². The highest BCUT2D eigenvalue weighted by Gasteiger charge is 2.40. The molecule has 0 heterocycles. The molecule has 1 fully saturated rings.